The second kappa shape index (κ2) is 7.51. The van der Waals surface area contributed by atoms with Gasteiger partial charge in [0.2, 0.25) is 0 Å². The SMILES string of the molecule is CCc1cc(-c2oncc2-c2ccc(I)cc2)cc(CC)c1CC. The minimum absolute atomic E-state index is 0.864. The van der Waals surface area contributed by atoms with Crippen LogP contribution in [0.3, 0.4) is 0 Å². The van der Waals surface area contributed by atoms with Crippen molar-refractivity contribution in [2.75, 3.05) is 0 Å². The molecule has 0 atom stereocenters. The van der Waals surface area contributed by atoms with E-state index in [0.29, 0.717) is 0 Å². The molecule has 124 valence electrons. The molecule has 3 aromatic rings. The maximum Gasteiger partial charge on any atom is 0.174 e. The lowest BCUT2D eigenvalue weighted by atomic mass is 9.91. The lowest BCUT2D eigenvalue weighted by Crippen LogP contribution is -1.99. The van der Waals surface area contributed by atoms with Gasteiger partial charge in [0.1, 0.15) is 0 Å². The number of halogens is 1. The molecule has 1 aromatic heterocycles. The Labute approximate surface area is 157 Å². The zero-order valence-electron chi connectivity index (χ0n) is 14.4. The first-order chi connectivity index (χ1) is 11.7. The van der Waals surface area contributed by atoms with Crippen LogP contribution in [0.5, 0.6) is 0 Å². The molecule has 0 spiro atoms. The van der Waals surface area contributed by atoms with Crippen LogP contribution in [0.1, 0.15) is 37.5 Å². The van der Waals surface area contributed by atoms with Crippen molar-refractivity contribution >= 4 is 22.6 Å². The normalized spacial score (nSPS) is 11.0. The minimum atomic E-state index is 0.864. The number of aryl methyl sites for hydroxylation is 2. The van der Waals surface area contributed by atoms with Crippen LogP contribution >= 0.6 is 22.6 Å². The maximum absolute atomic E-state index is 5.66. The van der Waals surface area contributed by atoms with Gasteiger partial charge in [0.05, 0.1) is 6.20 Å². The Hall–Kier alpha value is -1.62. The molecule has 0 saturated carbocycles. The van der Waals surface area contributed by atoms with Gasteiger partial charge in [0, 0.05) is 14.7 Å². The Kier molecular flexibility index (Phi) is 5.39. The van der Waals surface area contributed by atoms with Crippen LogP contribution in [0.2, 0.25) is 0 Å². The summed E-state index contributed by atoms with van der Waals surface area (Å²) in [6.45, 7) is 6.68. The van der Waals surface area contributed by atoms with Gasteiger partial charge < -0.3 is 4.52 Å². The summed E-state index contributed by atoms with van der Waals surface area (Å²) in [5.74, 6) is 0.864. The molecule has 0 N–H and O–H groups in total. The van der Waals surface area contributed by atoms with E-state index in [2.05, 4.69) is 84.9 Å². The molecule has 0 amide bonds. The van der Waals surface area contributed by atoms with Crippen LogP contribution in [0.25, 0.3) is 22.5 Å². The number of benzene rings is 2. The van der Waals surface area contributed by atoms with Gasteiger partial charge in [0.15, 0.2) is 5.76 Å². The summed E-state index contributed by atoms with van der Waals surface area (Å²) >= 11 is 2.32. The molecule has 0 saturated heterocycles. The first-order valence-corrected chi connectivity index (χ1v) is 9.61. The number of hydrogen-bond donors (Lipinski definition) is 0. The van der Waals surface area contributed by atoms with E-state index in [-0.39, 0.29) is 0 Å². The summed E-state index contributed by atoms with van der Waals surface area (Å²) in [5.41, 5.74) is 7.64. The van der Waals surface area contributed by atoms with Gasteiger partial charge >= 0.3 is 0 Å². The fraction of sp³-hybridized carbons (Fsp3) is 0.286. The third-order valence-corrected chi connectivity index (χ3v) is 5.26. The van der Waals surface area contributed by atoms with E-state index in [1.165, 1.54) is 20.3 Å². The zero-order valence-corrected chi connectivity index (χ0v) is 16.6. The Morgan fingerprint density at radius 1 is 0.875 bits per heavy atom. The highest BCUT2D eigenvalue weighted by Crippen LogP contribution is 2.34. The van der Waals surface area contributed by atoms with E-state index >= 15 is 0 Å². The second-order valence-electron chi connectivity index (χ2n) is 5.91. The predicted octanol–water partition coefficient (Wildman–Crippen LogP) is 6.30. The lowest BCUT2D eigenvalue weighted by Gasteiger charge is -2.14. The zero-order chi connectivity index (χ0) is 17.1. The Morgan fingerprint density at radius 3 is 2.04 bits per heavy atom. The summed E-state index contributed by atoms with van der Waals surface area (Å²) < 4.78 is 6.88. The maximum atomic E-state index is 5.66. The van der Waals surface area contributed by atoms with E-state index in [1.807, 2.05) is 6.20 Å². The number of aromatic nitrogens is 1. The van der Waals surface area contributed by atoms with Crippen molar-refractivity contribution in [3.63, 3.8) is 0 Å². The van der Waals surface area contributed by atoms with Crippen LogP contribution < -0.4 is 0 Å². The molecule has 24 heavy (non-hydrogen) atoms. The summed E-state index contributed by atoms with van der Waals surface area (Å²) in [6, 6.07) is 13.0. The first-order valence-electron chi connectivity index (χ1n) is 8.53. The summed E-state index contributed by atoms with van der Waals surface area (Å²) in [6.07, 6.45) is 4.98. The summed E-state index contributed by atoms with van der Waals surface area (Å²) in [5, 5.41) is 4.07. The largest absolute Gasteiger partial charge is 0.356 e. The number of hydrogen-bond acceptors (Lipinski definition) is 2. The van der Waals surface area contributed by atoms with E-state index < -0.39 is 0 Å². The van der Waals surface area contributed by atoms with Gasteiger partial charge in [-0.05, 0) is 88.4 Å². The number of rotatable bonds is 5. The van der Waals surface area contributed by atoms with Gasteiger partial charge in [-0.3, -0.25) is 0 Å². The van der Waals surface area contributed by atoms with Crippen molar-refractivity contribution in [3.8, 4) is 22.5 Å². The van der Waals surface area contributed by atoms with Crippen molar-refractivity contribution in [2.45, 2.75) is 40.0 Å². The molecule has 0 radical (unpaired) electrons. The molecule has 0 fully saturated rings. The summed E-state index contributed by atoms with van der Waals surface area (Å²) in [4.78, 5) is 0. The van der Waals surface area contributed by atoms with Gasteiger partial charge in [-0.1, -0.05) is 38.1 Å². The van der Waals surface area contributed by atoms with Crippen molar-refractivity contribution in [1.29, 1.82) is 0 Å². The average molecular weight is 431 g/mol. The van der Waals surface area contributed by atoms with E-state index in [0.717, 1.165) is 41.7 Å². The van der Waals surface area contributed by atoms with Gasteiger partial charge in [-0.25, -0.2) is 0 Å². The lowest BCUT2D eigenvalue weighted by molar-refractivity contribution is 0.432. The third-order valence-electron chi connectivity index (χ3n) is 4.54. The highest BCUT2D eigenvalue weighted by molar-refractivity contribution is 14.1. The Bertz CT molecular complexity index is 808. The molecule has 2 nitrogen and oxygen atoms in total. The van der Waals surface area contributed by atoms with Gasteiger partial charge in [0.25, 0.3) is 0 Å². The van der Waals surface area contributed by atoms with Crippen LogP contribution in [0.15, 0.2) is 47.1 Å². The second-order valence-corrected chi connectivity index (χ2v) is 7.15. The average Bonchev–Trinajstić information content (AvgIpc) is 3.10. The standard InChI is InChI=1S/C21H22INO/c1-4-14-11-17(12-15(5-2)19(14)6-3)21-20(13-23-24-21)16-7-9-18(22)10-8-16/h7-13H,4-6H2,1-3H3. The van der Waals surface area contributed by atoms with Crippen molar-refractivity contribution < 1.29 is 4.52 Å². The first kappa shape index (κ1) is 17.2. The van der Waals surface area contributed by atoms with Crippen molar-refractivity contribution in [1.82, 2.24) is 5.16 Å². The fourth-order valence-electron chi connectivity index (χ4n) is 3.30. The molecular weight excluding hydrogens is 409 g/mol. The summed E-state index contributed by atoms with van der Waals surface area (Å²) in [7, 11) is 0. The Balaban J connectivity index is 2.14. The highest BCUT2D eigenvalue weighted by atomic mass is 127. The number of nitrogens with zero attached hydrogens (tertiary/aromatic N) is 1. The predicted molar refractivity (Wildman–Crippen MR) is 108 cm³/mol. The molecule has 3 heteroatoms. The van der Waals surface area contributed by atoms with Crippen molar-refractivity contribution in [3.05, 3.63) is 62.9 Å². The Morgan fingerprint density at radius 2 is 1.50 bits per heavy atom. The molecule has 3 rings (SSSR count). The van der Waals surface area contributed by atoms with E-state index in [9.17, 15) is 0 Å². The third kappa shape index (κ3) is 3.27. The molecule has 0 bridgehead atoms. The molecule has 0 aliphatic carbocycles. The molecule has 1 heterocycles. The van der Waals surface area contributed by atoms with Crippen LogP contribution in [0.4, 0.5) is 0 Å². The molecule has 0 aliphatic rings. The topological polar surface area (TPSA) is 26.0 Å². The smallest absolute Gasteiger partial charge is 0.174 e. The van der Waals surface area contributed by atoms with Crippen LogP contribution in [0, 0.1) is 3.57 Å². The molecule has 0 unspecified atom stereocenters. The minimum Gasteiger partial charge on any atom is -0.356 e. The molecule has 2 aromatic carbocycles. The van der Waals surface area contributed by atoms with E-state index in [4.69, 9.17) is 4.52 Å². The van der Waals surface area contributed by atoms with Crippen LogP contribution in [-0.4, -0.2) is 5.16 Å². The quantitative estimate of drug-likeness (QED) is 0.443. The fourth-order valence-corrected chi connectivity index (χ4v) is 3.66. The van der Waals surface area contributed by atoms with Crippen molar-refractivity contribution in [2.24, 2.45) is 0 Å². The highest BCUT2D eigenvalue weighted by Gasteiger charge is 2.16. The molecule has 0 aliphatic heterocycles. The molecular formula is C21H22INO. The van der Waals surface area contributed by atoms with Gasteiger partial charge in [-0.15, -0.1) is 0 Å². The van der Waals surface area contributed by atoms with Crippen LogP contribution in [-0.2, 0) is 19.3 Å². The van der Waals surface area contributed by atoms with E-state index in [1.54, 1.807) is 0 Å². The van der Waals surface area contributed by atoms with Gasteiger partial charge in [-0.2, -0.15) is 0 Å². The monoisotopic (exact) mass is 431 g/mol.